The van der Waals surface area contributed by atoms with Crippen molar-refractivity contribution in [3.63, 3.8) is 0 Å². The minimum Gasteiger partial charge on any atom is -0.423 e. The zero-order valence-electron chi connectivity index (χ0n) is 15.1. The van der Waals surface area contributed by atoms with E-state index in [2.05, 4.69) is 49.6 Å². The number of piperidine rings is 1. The molecule has 4 rings (SSSR count). The number of fused-ring (bicyclic) bond motifs is 1. The van der Waals surface area contributed by atoms with E-state index in [4.69, 9.17) is 4.74 Å². The van der Waals surface area contributed by atoms with Gasteiger partial charge in [-0.1, -0.05) is 0 Å². The zero-order valence-corrected chi connectivity index (χ0v) is 17.5. The van der Waals surface area contributed by atoms with Gasteiger partial charge in [0.15, 0.2) is 5.75 Å². The number of aryl methyl sites for hydroxylation is 2. The van der Waals surface area contributed by atoms with Crippen LogP contribution in [0.15, 0.2) is 29.3 Å². The molecule has 1 aliphatic rings. The van der Waals surface area contributed by atoms with E-state index in [0.717, 1.165) is 42.0 Å². The Labute approximate surface area is 169 Å². The fourth-order valence-corrected chi connectivity index (χ4v) is 4.69. The van der Waals surface area contributed by atoms with Crippen LogP contribution in [0, 0.1) is 19.8 Å². The second-order valence-corrected chi connectivity index (χ2v) is 8.59. The lowest BCUT2D eigenvalue weighted by molar-refractivity contribution is -0.139. The summed E-state index contributed by atoms with van der Waals surface area (Å²) in [5, 5.41) is 1.14. The van der Waals surface area contributed by atoms with E-state index >= 15 is 0 Å². The number of anilines is 1. The molecule has 0 spiro atoms. The molecule has 0 atom stereocenters. The van der Waals surface area contributed by atoms with Crippen molar-refractivity contribution in [3.05, 3.63) is 39.7 Å². The Kier molecular flexibility index (Phi) is 5.10. The van der Waals surface area contributed by atoms with Gasteiger partial charge in [0.25, 0.3) is 0 Å². The van der Waals surface area contributed by atoms with Gasteiger partial charge in [0.1, 0.15) is 21.6 Å². The van der Waals surface area contributed by atoms with Gasteiger partial charge in [-0.25, -0.2) is 15.0 Å². The van der Waals surface area contributed by atoms with Gasteiger partial charge in [-0.2, -0.15) is 0 Å². The zero-order chi connectivity index (χ0) is 19.0. The molecule has 0 bridgehead atoms. The van der Waals surface area contributed by atoms with Crippen LogP contribution in [-0.4, -0.2) is 34.0 Å². The monoisotopic (exact) mass is 446 g/mol. The predicted molar refractivity (Wildman–Crippen MR) is 109 cm³/mol. The molecule has 0 aliphatic carbocycles. The average molecular weight is 447 g/mol. The Balaban J connectivity index is 1.47. The number of carbonyl (C=O) groups excluding carboxylic acids is 1. The van der Waals surface area contributed by atoms with Crippen molar-refractivity contribution in [2.24, 2.45) is 5.92 Å². The van der Waals surface area contributed by atoms with Crippen LogP contribution >= 0.6 is 27.3 Å². The number of nitrogens with zero attached hydrogens (tertiary/aromatic N) is 4. The number of thiophene rings is 1. The van der Waals surface area contributed by atoms with Gasteiger partial charge in [0, 0.05) is 24.2 Å². The fourth-order valence-electron chi connectivity index (χ4n) is 3.37. The van der Waals surface area contributed by atoms with Gasteiger partial charge in [0.05, 0.1) is 11.3 Å². The summed E-state index contributed by atoms with van der Waals surface area (Å²) in [5.74, 6) is 1.13. The fraction of sp³-hybridized carbons (Fsp3) is 0.368. The minimum absolute atomic E-state index is 0.115. The first kappa shape index (κ1) is 18.3. The first-order valence-corrected chi connectivity index (χ1v) is 10.4. The van der Waals surface area contributed by atoms with Crippen LogP contribution in [0.25, 0.3) is 10.2 Å². The van der Waals surface area contributed by atoms with Crippen molar-refractivity contribution in [2.75, 3.05) is 18.0 Å². The number of aromatic nitrogens is 3. The van der Waals surface area contributed by atoms with Crippen LogP contribution in [-0.2, 0) is 4.79 Å². The van der Waals surface area contributed by atoms with Gasteiger partial charge < -0.3 is 9.64 Å². The van der Waals surface area contributed by atoms with E-state index < -0.39 is 0 Å². The Morgan fingerprint density at radius 2 is 2.04 bits per heavy atom. The topological polar surface area (TPSA) is 68.2 Å². The van der Waals surface area contributed by atoms with E-state index in [9.17, 15) is 4.79 Å². The molecule has 0 radical (unpaired) electrons. The molecule has 3 aromatic rings. The molecule has 27 heavy (non-hydrogen) atoms. The summed E-state index contributed by atoms with van der Waals surface area (Å²) < 4.78 is 6.07. The average Bonchev–Trinajstić information content (AvgIpc) is 2.98. The van der Waals surface area contributed by atoms with E-state index in [1.807, 2.05) is 0 Å². The van der Waals surface area contributed by atoms with Crippen LogP contribution in [0.5, 0.6) is 5.75 Å². The summed E-state index contributed by atoms with van der Waals surface area (Å²) in [6, 6.07) is 3.49. The Morgan fingerprint density at radius 1 is 1.26 bits per heavy atom. The van der Waals surface area contributed by atoms with Crippen molar-refractivity contribution in [2.45, 2.75) is 26.7 Å². The minimum atomic E-state index is -0.196. The first-order valence-electron chi connectivity index (χ1n) is 8.82. The smallest absolute Gasteiger partial charge is 0.314 e. The Hall–Kier alpha value is -2.06. The van der Waals surface area contributed by atoms with Gasteiger partial charge in [-0.15, -0.1) is 11.3 Å². The van der Waals surface area contributed by atoms with E-state index in [0.29, 0.717) is 10.4 Å². The largest absolute Gasteiger partial charge is 0.423 e. The van der Waals surface area contributed by atoms with Crippen molar-refractivity contribution in [1.29, 1.82) is 0 Å². The SMILES string of the molecule is Cc1sc2ncnc(N3CCC(C(=O)Oc4cccnc4Br)CC3)c2c1C. The highest BCUT2D eigenvalue weighted by Crippen LogP contribution is 2.35. The molecule has 0 amide bonds. The lowest BCUT2D eigenvalue weighted by atomic mass is 9.96. The lowest BCUT2D eigenvalue weighted by Crippen LogP contribution is -2.38. The molecule has 140 valence electrons. The number of halogens is 1. The molecular formula is C19H19BrN4O2S. The van der Waals surface area contributed by atoms with E-state index in [1.54, 1.807) is 36.0 Å². The molecule has 4 heterocycles. The molecule has 0 unspecified atom stereocenters. The number of rotatable bonds is 3. The number of hydrogen-bond donors (Lipinski definition) is 0. The van der Waals surface area contributed by atoms with Gasteiger partial charge in [0.2, 0.25) is 0 Å². The highest BCUT2D eigenvalue weighted by atomic mass is 79.9. The maximum atomic E-state index is 12.5. The van der Waals surface area contributed by atoms with Crippen molar-refractivity contribution < 1.29 is 9.53 Å². The van der Waals surface area contributed by atoms with Crippen LogP contribution in [0.1, 0.15) is 23.3 Å². The van der Waals surface area contributed by atoms with E-state index in [-0.39, 0.29) is 11.9 Å². The van der Waals surface area contributed by atoms with Crippen LogP contribution in [0.4, 0.5) is 5.82 Å². The second-order valence-electron chi connectivity index (χ2n) is 6.64. The van der Waals surface area contributed by atoms with Crippen LogP contribution < -0.4 is 9.64 Å². The molecule has 0 saturated carbocycles. The quantitative estimate of drug-likeness (QED) is 0.441. The number of carbonyl (C=O) groups is 1. The van der Waals surface area contributed by atoms with E-state index in [1.165, 1.54) is 10.4 Å². The molecule has 1 fully saturated rings. The number of hydrogen-bond acceptors (Lipinski definition) is 7. The summed E-state index contributed by atoms with van der Waals surface area (Å²) in [6.45, 7) is 5.78. The highest BCUT2D eigenvalue weighted by molar-refractivity contribution is 9.10. The van der Waals surface area contributed by atoms with Crippen molar-refractivity contribution in [1.82, 2.24) is 15.0 Å². The summed E-state index contributed by atoms with van der Waals surface area (Å²) in [7, 11) is 0. The first-order chi connectivity index (χ1) is 13.0. The third-order valence-electron chi connectivity index (χ3n) is 5.01. The van der Waals surface area contributed by atoms with Crippen molar-refractivity contribution >= 4 is 49.3 Å². The summed E-state index contributed by atoms with van der Waals surface area (Å²) in [6.07, 6.45) is 4.76. The third kappa shape index (κ3) is 3.55. The molecule has 6 nitrogen and oxygen atoms in total. The van der Waals surface area contributed by atoms with Crippen LogP contribution in [0.2, 0.25) is 0 Å². The number of ether oxygens (including phenoxy) is 1. The molecule has 1 aliphatic heterocycles. The highest BCUT2D eigenvalue weighted by Gasteiger charge is 2.29. The number of pyridine rings is 1. The normalized spacial score (nSPS) is 15.3. The number of esters is 1. The summed E-state index contributed by atoms with van der Waals surface area (Å²) >= 11 is 5.01. The van der Waals surface area contributed by atoms with Crippen molar-refractivity contribution in [3.8, 4) is 5.75 Å². The molecule has 0 N–H and O–H groups in total. The summed E-state index contributed by atoms with van der Waals surface area (Å²) in [5.41, 5.74) is 1.24. The summed E-state index contributed by atoms with van der Waals surface area (Å²) in [4.78, 5) is 30.1. The van der Waals surface area contributed by atoms with Gasteiger partial charge in [-0.05, 0) is 60.3 Å². The molecule has 0 aromatic carbocycles. The van der Waals surface area contributed by atoms with Crippen LogP contribution in [0.3, 0.4) is 0 Å². The van der Waals surface area contributed by atoms with Gasteiger partial charge >= 0.3 is 5.97 Å². The third-order valence-corrected chi connectivity index (χ3v) is 6.72. The molecule has 3 aromatic heterocycles. The predicted octanol–water partition coefficient (Wildman–Crippen LogP) is 4.29. The lowest BCUT2D eigenvalue weighted by Gasteiger charge is -2.32. The Morgan fingerprint density at radius 3 is 2.78 bits per heavy atom. The maximum Gasteiger partial charge on any atom is 0.314 e. The molecule has 8 heteroatoms. The molecular weight excluding hydrogens is 428 g/mol. The molecule has 1 saturated heterocycles. The van der Waals surface area contributed by atoms with Gasteiger partial charge in [-0.3, -0.25) is 4.79 Å². The standard InChI is InChI=1S/C19H19BrN4O2S/c1-11-12(2)27-18-15(11)17(22-10-23-18)24-8-5-13(6-9-24)19(25)26-14-4-3-7-21-16(14)20/h3-4,7,10,13H,5-6,8-9H2,1-2H3. The Bertz CT molecular complexity index is 999. The maximum absolute atomic E-state index is 12.5. The second kappa shape index (κ2) is 7.52.